The van der Waals surface area contributed by atoms with E-state index in [1.54, 1.807) is 11.9 Å². The summed E-state index contributed by atoms with van der Waals surface area (Å²) in [7, 11) is 3.57. The van der Waals surface area contributed by atoms with Crippen LogP contribution in [-0.2, 0) is 14.1 Å². The first-order valence-electron chi connectivity index (χ1n) is 9.69. The highest BCUT2D eigenvalue weighted by molar-refractivity contribution is 5.95. The first-order valence-corrected chi connectivity index (χ1v) is 9.69. The van der Waals surface area contributed by atoms with Crippen molar-refractivity contribution in [2.75, 3.05) is 31.1 Å². The summed E-state index contributed by atoms with van der Waals surface area (Å²) < 4.78 is 29.8. The third kappa shape index (κ3) is 2.87. The van der Waals surface area contributed by atoms with Gasteiger partial charge in [-0.3, -0.25) is 9.48 Å². The molecule has 5 rings (SSSR count). The van der Waals surface area contributed by atoms with Crippen LogP contribution in [0, 0.1) is 11.8 Å². The molecule has 1 aromatic carbocycles. The van der Waals surface area contributed by atoms with E-state index in [9.17, 15) is 13.6 Å². The van der Waals surface area contributed by atoms with Gasteiger partial charge in [0.05, 0.1) is 16.6 Å². The minimum absolute atomic E-state index is 0.00896. The number of nitrogens with zero attached hydrogens (tertiary/aromatic N) is 6. The van der Waals surface area contributed by atoms with Gasteiger partial charge in [0, 0.05) is 58.3 Å². The topological polar surface area (TPSA) is 59.2 Å². The quantitative estimate of drug-likeness (QED) is 0.678. The molecule has 4 heterocycles. The van der Waals surface area contributed by atoms with E-state index in [1.807, 2.05) is 25.2 Å². The Balaban J connectivity index is 1.32. The van der Waals surface area contributed by atoms with Gasteiger partial charge in [-0.1, -0.05) is 12.1 Å². The fourth-order valence-electron chi connectivity index (χ4n) is 4.74. The van der Waals surface area contributed by atoms with Crippen LogP contribution < -0.4 is 4.90 Å². The van der Waals surface area contributed by atoms with Crippen molar-refractivity contribution in [3.8, 4) is 0 Å². The molecule has 7 nitrogen and oxygen atoms in total. The number of halogens is 2. The van der Waals surface area contributed by atoms with Crippen LogP contribution in [0.25, 0.3) is 11.0 Å². The number of aryl methyl sites for hydroxylation is 2. The third-order valence-electron chi connectivity index (χ3n) is 6.11. The molecule has 2 aromatic heterocycles. The van der Waals surface area contributed by atoms with Gasteiger partial charge in [0.1, 0.15) is 5.69 Å². The monoisotopic (exact) mass is 400 g/mol. The number of likely N-dealkylation sites (tertiary alicyclic amines) is 1. The number of rotatable bonds is 3. The molecule has 3 aromatic rings. The number of carbonyl (C=O) groups excluding carboxylic acids is 1. The molecular formula is C20H22F2N6O. The molecule has 0 aliphatic carbocycles. The van der Waals surface area contributed by atoms with Crippen molar-refractivity contribution in [3.05, 3.63) is 41.7 Å². The number of amides is 1. The van der Waals surface area contributed by atoms with E-state index in [0.717, 1.165) is 30.1 Å². The summed E-state index contributed by atoms with van der Waals surface area (Å²) >= 11 is 0. The lowest BCUT2D eigenvalue weighted by atomic mass is 10.0. The molecule has 2 unspecified atom stereocenters. The van der Waals surface area contributed by atoms with Crippen molar-refractivity contribution in [1.82, 2.24) is 24.2 Å². The zero-order valence-electron chi connectivity index (χ0n) is 16.3. The number of aromatic nitrogens is 4. The number of fused-ring (bicyclic) bond motifs is 2. The van der Waals surface area contributed by atoms with Gasteiger partial charge in [-0.05, 0) is 12.1 Å². The summed E-state index contributed by atoms with van der Waals surface area (Å²) in [5.74, 6) is 1.21. The van der Waals surface area contributed by atoms with E-state index in [0.29, 0.717) is 24.9 Å². The van der Waals surface area contributed by atoms with Crippen molar-refractivity contribution in [1.29, 1.82) is 0 Å². The fraction of sp³-hybridized carbons (Fsp3) is 0.450. The molecule has 29 heavy (non-hydrogen) atoms. The highest BCUT2D eigenvalue weighted by atomic mass is 19.3. The molecule has 2 saturated heterocycles. The molecule has 2 aliphatic heterocycles. The largest absolute Gasteiger partial charge is 0.342 e. The van der Waals surface area contributed by atoms with Gasteiger partial charge in [0.15, 0.2) is 0 Å². The van der Waals surface area contributed by atoms with Gasteiger partial charge in [-0.2, -0.15) is 5.10 Å². The summed E-state index contributed by atoms with van der Waals surface area (Å²) in [4.78, 5) is 21.6. The van der Waals surface area contributed by atoms with Crippen molar-refractivity contribution in [3.63, 3.8) is 0 Å². The second-order valence-electron chi connectivity index (χ2n) is 8.00. The average molecular weight is 400 g/mol. The fourth-order valence-corrected chi connectivity index (χ4v) is 4.74. The molecule has 0 bridgehead atoms. The van der Waals surface area contributed by atoms with E-state index in [1.165, 1.54) is 10.9 Å². The number of benzene rings is 1. The molecule has 0 radical (unpaired) electrons. The lowest BCUT2D eigenvalue weighted by Crippen LogP contribution is -2.34. The summed E-state index contributed by atoms with van der Waals surface area (Å²) in [6.07, 6.45) is -1.37. The molecule has 0 N–H and O–H groups in total. The second-order valence-corrected chi connectivity index (χ2v) is 8.00. The Kier molecular flexibility index (Phi) is 4.07. The van der Waals surface area contributed by atoms with Gasteiger partial charge in [0.2, 0.25) is 5.95 Å². The Labute approximate surface area is 166 Å². The summed E-state index contributed by atoms with van der Waals surface area (Å²) in [5.41, 5.74) is 1.63. The lowest BCUT2D eigenvalue weighted by Gasteiger charge is -2.22. The standard InChI is InChI=1S/C20H22F2N6O/c1-25-11-14(17(24-25)18(21)22)19(29)27-7-12-9-28(10-13(12)8-27)20-23-15-5-3-4-6-16(15)26(20)2/h3-6,11-13,18H,7-10H2,1-2H3. The molecule has 0 saturated carbocycles. The SMILES string of the molecule is Cn1cc(C(=O)N2CC3CN(c4nc5ccccc5n4C)CC3C2)c(C(F)F)n1. The zero-order chi connectivity index (χ0) is 20.3. The Morgan fingerprint density at radius 1 is 1.10 bits per heavy atom. The maximum absolute atomic E-state index is 13.2. The Hall–Kier alpha value is -2.97. The minimum atomic E-state index is -2.76. The molecule has 1 amide bonds. The van der Waals surface area contributed by atoms with Crippen LogP contribution in [-0.4, -0.2) is 56.3 Å². The molecule has 9 heteroatoms. The number of imidazole rings is 1. The van der Waals surface area contributed by atoms with Gasteiger partial charge in [-0.25, -0.2) is 13.8 Å². The van der Waals surface area contributed by atoms with Crippen molar-refractivity contribution < 1.29 is 13.6 Å². The highest BCUT2D eigenvalue weighted by Gasteiger charge is 2.43. The number of hydrogen-bond donors (Lipinski definition) is 0. The molecule has 2 fully saturated rings. The first kappa shape index (κ1) is 18.1. The van der Waals surface area contributed by atoms with E-state index < -0.39 is 12.1 Å². The van der Waals surface area contributed by atoms with Crippen molar-refractivity contribution in [2.24, 2.45) is 25.9 Å². The van der Waals surface area contributed by atoms with Crippen LogP contribution in [0.1, 0.15) is 22.5 Å². The maximum Gasteiger partial charge on any atom is 0.282 e. The van der Waals surface area contributed by atoms with Gasteiger partial charge >= 0.3 is 0 Å². The second kappa shape index (κ2) is 6.53. The minimum Gasteiger partial charge on any atom is -0.342 e. The maximum atomic E-state index is 13.2. The van der Waals surface area contributed by atoms with Crippen LogP contribution in [0.3, 0.4) is 0 Å². The Morgan fingerprint density at radius 2 is 1.79 bits per heavy atom. The van der Waals surface area contributed by atoms with Crippen LogP contribution in [0.15, 0.2) is 30.5 Å². The van der Waals surface area contributed by atoms with E-state index in [4.69, 9.17) is 4.98 Å². The smallest absolute Gasteiger partial charge is 0.282 e. The molecular weight excluding hydrogens is 378 g/mol. The predicted octanol–water partition coefficient (Wildman–Crippen LogP) is 2.45. The molecule has 0 spiro atoms. The number of para-hydroxylation sites is 2. The van der Waals surface area contributed by atoms with Gasteiger partial charge < -0.3 is 14.4 Å². The van der Waals surface area contributed by atoms with Crippen LogP contribution in [0.2, 0.25) is 0 Å². The summed E-state index contributed by atoms with van der Waals surface area (Å²) in [6, 6.07) is 8.04. The molecule has 2 aliphatic rings. The van der Waals surface area contributed by atoms with Crippen LogP contribution in [0.5, 0.6) is 0 Å². The first-order chi connectivity index (χ1) is 13.9. The van der Waals surface area contributed by atoms with Crippen molar-refractivity contribution >= 4 is 22.9 Å². The number of hydrogen-bond acceptors (Lipinski definition) is 4. The van der Waals surface area contributed by atoms with Gasteiger partial charge in [0.25, 0.3) is 12.3 Å². The van der Waals surface area contributed by atoms with Crippen molar-refractivity contribution in [2.45, 2.75) is 6.43 Å². The van der Waals surface area contributed by atoms with E-state index in [2.05, 4.69) is 20.6 Å². The third-order valence-corrected chi connectivity index (χ3v) is 6.11. The number of alkyl halides is 2. The molecule has 152 valence electrons. The highest BCUT2D eigenvalue weighted by Crippen LogP contribution is 2.35. The Morgan fingerprint density at radius 3 is 2.45 bits per heavy atom. The Bertz CT molecular complexity index is 1080. The van der Waals surface area contributed by atoms with Crippen LogP contribution >= 0.6 is 0 Å². The van der Waals surface area contributed by atoms with Crippen LogP contribution in [0.4, 0.5) is 14.7 Å². The molecule has 2 atom stereocenters. The predicted molar refractivity (Wildman–Crippen MR) is 104 cm³/mol. The van der Waals surface area contributed by atoms with Gasteiger partial charge in [-0.15, -0.1) is 0 Å². The summed E-state index contributed by atoms with van der Waals surface area (Å²) in [5, 5.41) is 3.76. The number of carbonyl (C=O) groups is 1. The normalized spacial score (nSPS) is 21.6. The van der Waals surface area contributed by atoms with E-state index in [-0.39, 0.29) is 11.5 Å². The van der Waals surface area contributed by atoms with E-state index >= 15 is 0 Å². The average Bonchev–Trinajstić information content (AvgIpc) is 3.42. The number of anilines is 1. The lowest BCUT2D eigenvalue weighted by molar-refractivity contribution is 0.0769. The summed E-state index contributed by atoms with van der Waals surface area (Å²) in [6.45, 7) is 2.75. The zero-order valence-corrected chi connectivity index (χ0v) is 16.3.